The summed E-state index contributed by atoms with van der Waals surface area (Å²) in [6, 6.07) is 0. The van der Waals surface area contributed by atoms with E-state index in [-0.39, 0.29) is 63.1 Å². The molecule has 386 valence electrons. The molecule has 0 aliphatic carbocycles. The lowest BCUT2D eigenvalue weighted by molar-refractivity contribution is -0.151. The molecule has 66 heavy (non-hydrogen) atoms. The molecule has 1 heterocycles. The van der Waals surface area contributed by atoms with Crippen LogP contribution in [0.5, 0.6) is 0 Å². The Hall–Kier alpha value is -2.93. The molecule has 1 rings (SSSR count). The SMILES string of the molecule is CCCCCCCCCCOC(=O)CCCCCC(=O)OCC(COC(=O)CCCCCCCOC(=O)C(CCCCCC)CCCCCCCC)COC(=O)OCCCN1CCOCC1. The van der Waals surface area contributed by atoms with E-state index >= 15 is 0 Å². The summed E-state index contributed by atoms with van der Waals surface area (Å²) in [6.45, 7) is 11.4. The van der Waals surface area contributed by atoms with Gasteiger partial charge in [0.25, 0.3) is 0 Å². The van der Waals surface area contributed by atoms with E-state index in [9.17, 15) is 24.0 Å². The second-order valence-electron chi connectivity index (χ2n) is 18.5. The summed E-state index contributed by atoms with van der Waals surface area (Å²) < 4.78 is 38.1. The monoisotopic (exact) mass is 940 g/mol. The third kappa shape index (κ3) is 39.1. The molecule has 1 saturated heterocycles. The van der Waals surface area contributed by atoms with Crippen molar-refractivity contribution in [2.24, 2.45) is 11.8 Å². The smallest absolute Gasteiger partial charge is 0.466 e. The molecule has 13 nitrogen and oxygen atoms in total. The van der Waals surface area contributed by atoms with Gasteiger partial charge in [-0.05, 0) is 51.4 Å². The summed E-state index contributed by atoms with van der Waals surface area (Å²) in [4.78, 5) is 65.0. The van der Waals surface area contributed by atoms with Crippen LogP contribution in [0, 0.1) is 11.8 Å². The number of nitrogens with zero attached hydrogens (tertiary/aromatic N) is 1. The summed E-state index contributed by atoms with van der Waals surface area (Å²) in [5.41, 5.74) is 0. The van der Waals surface area contributed by atoms with Gasteiger partial charge in [0.15, 0.2) is 0 Å². The van der Waals surface area contributed by atoms with Crippen molar-refractivity contribution < 1.29 is 57.1 Å². The van der Waals surface area contributed by atoms with Crippen LogP contribution in [0.25, 0.3) is 0 Å². The van der Waals surface area contributed by atoms with Crippen LogP contribution < -0.4 is 0 Å². The Kier molecular flexibility index (Phi) is 42.4. The maximum absolute atomic E-state index is 12.9. The minimum Gasteiger partial charge on any atom is -0.466 e. The Morgan fingerprint density at radius 2 is 0.818 bits per heavy atom. The lowest BCUT2D eigenvalue weighted by Crippen LogP contribution is -2.37. The van der Waals surface area contributed by atoms with Crippen LogP contribution in [0.15, 0.2) is 0 Å². The third-order valence-electron chi connectivity index (χ3n) is 12.3. The van der Waals surface area contributed by atoms with Gasteiger partial charge < -0.3 is 33.2 Å². The Morgan fingerprint density at radius 3 is 1.35 bits per heavy atom. The zero-order valence-corrected chi connectivity index (χ0v) is 42.4. The Balaban J connectivity index is 2.37. The Bertz CT molecular complexity index is 1180. The fourth-order valence-corrected chi connectivity index (χ4v) is 7.98. The lowest BCUT2D eigenvalue weighted by Gasteiger charge is -2.26. The van der Waals surface area contributed by atoms with Crippen molar-refractivity contribution in [3.63, 3.8) is 0 Å². The maximum Gasteiger partial charge on any atom is 0.508 e. The summed E-state index contributed by atoms with van der Waals surface area (Å²) >= 11 is 0. The minimum absolute atomic E-state index is 0.00997. The van der Waals surface area contributed by atoms with Gasteiger partial charge >= 0.3 is 30.0 Å². The van der Waals surface area contributed by atoms with Gasteiger partial charge in [0.1, 0.15) is 19.8 Å². The molecule has 1 aliphatic rings. The number of carbonyl (C=O) groups excluding carboxylic acids is 5. The molecule has 0 saturated carbocycles. The number of hydrogen-bond donors (Lipinski definition) is 0. The van der Waals surface area contributed by atoms with E-state index in [1.54, 1.807) is 0 Å². The van der Waals surface area contributed by atoms with Gasteiger partial charge in [-0.15, -0.1) is 0 Å². The molecule has 0 bridgehead atoms. The van der Waals surface area contributed by atoms with E-state index in [1.807, 2.05) is 0 Å². The van der Waals surface area contributed by atoms with Crippen LogP contribution in [0.3, 0.4) is 0 Å². The van der Waals surface area contributed by atoms with E-state index in [2.05, 4.69) is 25.7 Å². The van der Waals surface area contributed by atoms with E-state index in [1.165, 1.54) is 89.9 Å². The number of unbranched alkanes of at least 4 members (excludes halogenated alkanes) is 21. The minimum atomic E-state index is -0.818. The van der Waals surface area contributed by atoms with E-state index in [0.717, 1.165) is 83.8 Å². The molecule has 0 aromatic rings. The van der Waals surface area contributed by atoms with Crippen molar-refractivity contribution in [2.45, 2.75) is 226 Å². The number of rotatable bonds is 46. The Labute approximate surface area is 401 Å². The second-order valence-corrected chi connectivity index (χ2v) is 18.5. The molecular weight excluding hydrogens is 843 g/mol. The van der Waals surface area contributed by atoms with Crippen molar-refractivity contribution in [3.8, 4) is 0 Å². The zero-order chi connectivity index (χ0) is 48.0. The fourth-order valence-electron chi connectivity index (χ4n) is 7.98. The largest absolute Gasteiger partial charge is 0.508 e. The third-order valence-corrected chi connectivity index (χ3v) is 12.3. The first-order valence-corrected chi connectivity index (χ1v) is 27.0. The lowest BCUT2D eigenvalue weighted by atomic mass is 9.94. The molecule has 0 N–H and O–H groups in total. The van der Waals surface area contributed by atoms with Crippen molar-refractivity contribution in [1.29, 1.82) is 0 Å². The normalized spacial score (nSPS) is 13.7. The number of ether oxygens (including phenoxy) is 7. The van der Waals surface area contributed by atoms with E-state index in [0.29, 0.717) is 65.0 Å². The van der Waals surface area contributed by atoms with E-state index < -0.39 is 18.0 Å². The zero-order valence-electron chi connectivity index (χ0n) is 42.4. The predicted molar refractivity (Wildman–Crippen MR) is 260 cm³/mol. The predicted octanol–water partition coefficient (Wildman–Crippen LogP) is 12.4. The molecule has 1 fully saturated rings. The van der Waals surface area contributed by atoms with Crippen LogP contribution in [-0.2, 0) is 52.3 Å². The van der Waals surface area contributed by atoms with Gasteiger partial charge in [0.2, 0.25) is 0 Å². The average molecular weight is 940 g/mol. The van der Waals surface area contributed by atoms with Crippen LogP contribution in [-0.4, -0.2) is 107 Å². The number of hydrogen-bond acceptors (Lipinski definition) is 13. The molecule has 0 spiro atoms. The average Bonchev–Trinajstić information content (AvgIpc) is 3.32. The molecule has 1 aliphatic heterocycles. The highest BCUT2D eigenvalue weighted by molar-refractivity contribution is 5.72. The van der Waals surface area contributed by atoms with Crippen molar-refractivity contribution in [1.82, 2.24) is 4.90 Å². The highest BCUT2D eigenvalue weighted by Crippen LogP contribution is 2.21. The number of carbonyl (C=O) groups is 5. The van der Waals surface area contributed by atoms with Gasteiger partial charge in [-0.1, -0.05) is 156 Å². The fraction of sp³-hybridized carbons (Fsp3) is 0.906. The molecule has 2 unspecified atom stereocenters. The Morgan fingerprint density at radius 1 is 0.424 bits per heavy atom. The first kappa shape index (κ1) is 61.1. The molecule has 13 heteroatoms. The summed E-state index contributed by atoms with van der Waals surface area (Å²) in [6.07, 6.45) is 30.0. The van der Waals surface area contributed by atoms with Crippen LogP contribution >= 0.6 is 0 Å². The van der Waals surface area contributed by atoms with Gasteiger partial charge in [0, 0.05) is 38.9 Å². The van der Waals surface area contributed by atoms with Crippen LogP contribution in [0.4, 0.5) is 4.79 Å². The second kappa shape index (κ2) is 45.8. The van der Waals surface area contributed by atoms with Crippen LogP contribution in [0.2, 0.25) is 0 Å². The van der Waals surface area contributed by atoms with Gasteiger partial charge in [-0.2, -0.15) is 0 Å². The molecule has 0 aromatic heterocycles. The highest BCUT2D eigenvalue weighted by Gasteiger charge is 2.21. The summed E-state index contributed by atoms with van der Waals surface area (Å²) in [7, 11) is 0. The number of morpholine rings is 1. The highest BCUT2D eigenvalue weighted by atomic mass is 16.7. The molecule has 0 radical (unpaired) electrons. The van der Waals surface area contributed by atoms with Crippen molar-refractivity contribution in [3.05, 3.63) is 0 Å². The molecule has 0 amide bonds. The van der Waals surface area contributed by atoms with Crippen molar-refractivity contribution in [2.75, 3.05) is 72.5 Å². The van der Waals surface area contributed by atoms with E-state index in [4.69, 9.17) is 33.2 Å². The molecule has 2 atom stereocenters. The van der Waals surface area contributed by atoms with Crippen molar-refractivity contribution >= 4 is 30.0 Å². The maximum atomic E-state index is 12.9. The quantitative estimate of drug-likeness (QED) is 0.0323. The van der Waals surface area contributed by atoms with Gasteiger partial charge in [-0.25, -0.2) is 4.79 Å². The summed E-state index contributed by atoms with van der Waals surface area (Å²) in [5, 5.41) is 0. The van der Waals surface area contributed by atoms with Crippen LogP contribution in [0.1, 0.15) is 226 Å². The topological polar surface area (TPSA) is 153 Å². The van der Waals surface area contributed by atoms with Gasteiger partial charge in [0.05, 0.1) is 44.9 Å². The number of esters is 4. The molecular formula is C53H97NO12. The molecule has 0 aromatic carbocycles. The standard InChI is InChI=1S/C53H97NO12/c1-4-7-10-13-15-16-20-28-39-61-49(55)33-26-22-27-35-51(57)65-45-47(46-66-53(59)63-41-30-36-54-37-42-60-43-38-54)44-64-50(56)34-25-19-17-21-29-40-62-52(58)48(31-23-12-9-6-3)32-24-18-14-11-8-5-2/h47-48H,4-46H2,1-3H3. The first-order valence-electron chi connectivity index (χ1n) is 27.0. The first-order chi connectivity index (χ1) is 32.3. The van der Waals surface area contributed by atoms with Gasteiger partial charge in [-0.3, -0.25) is 24.1 Å². The summed E-state index contributed by atoms with van der Waals surface area (Å²) in [5.74, 6) is -1.54.